The van der Waals surface area contributed by atoms with Crippen molar-refractivity contribution in [1.29, 1.82) is 0 Å². The zero-order valence-corrected chi connectivity index (χ0v) is 20.9. The predicted molar refractivity (Wildman–Crippen MR) is 133 cm³/mol. The molecular weight excluding hydrogens is 540 g/mol. The fraction of sp³-hybridized carbons (Fsp3) is 0.120. The van der Waals surface area contributed by atoms with E-state index in [2.05, 4.69) is 21.2 Å². The number of hydrogen-bond acceptors (Lipinski definition) is 6. The Bertz CT molecular complexity index is 1360. The third-order valence-corrected chi connectivity index (χ3v) is 6.22. The van der Waals surface area contributed by atoms with Crippen molar-refractivity contribution >= 4 is 62.6 Å². The minimum Gasteiger partial charge on any atom is -0.496 e. The molecule has 0 aromatic heterocycles. The second-order valence-electron chi connectivity index (χ2n) is 7.60. The molecule has 0 unspecified atom stereocenters. The maximum Gasteiger partial charge on any atom is 0.342 e. The highest BCUT2D eigenvalue weighted by Gasteiger charge is 2.38. The molecule has 0 bridgehead atoms. The lowest BCUT2D eigenvalue weighted by molar-refractivity contribution is -0.119. The number of methoxy groups -OCH3 is 1. The van der Waals surface area contributed by atoms with E-state index in [4.69, 9.17) is 21.1 Å². The summed E-state index contributed by atoms with van der Waals surface area (Å²) in [7, 11) is 1.31. The third-order valence-electron chi connectivity index (χ3n) is 5.26. The van der Waals surface area contributed by atoms with Crippen molar-refractivity contribution in [2.75, 3.05) is 23.9 Å². The van der Waals surface area contributed by atoms with Crippen molar-refractivity contribution < 1.29 is 28.7 Å². The van der Waals surface area contributed by atoms with Crippen LogP contribution in [0.3, 0.4) is 0 Å². The quantitative estimate of drug-likeness (QED) is 0.337. The Balaban J connectivity index is 1.51. The van der Waals surface area contributed by atoms with Gasteiger partial charge >= 0.3 is 5.97 Å². The number of carbonyl (C=O) groups excluding carboxylic acids is 4. The van der Waals surface area contributed by atoms with Gasteiger partial charge < -0.3 is 14.8 Å². The monoisotopic (exact) mass is 556 g/mol. The summed E-state index contributed by atoms with van der Waals surface area (Å²) in [6, 6.07) is 14.3. The van der Waals surface area contributed by atoms with E-state index in [-0.39, 0.29) is 33.1 Å². The van der Waals surface area contributed by atoms with Gasteiger partial charge in [0, 0.05) is 10.5 Å². The molecule has 0 radical (unpaired) electrons. The molecule has 1 heterocycles. The van der Waals surface area contributed by atoms with Crippen molar-refractivity contribution in [3.05, 3.63) is 86.3 Å². The van der Waals surface area contributed by atoms with E-state index < -0.39 is 30.3 Å². The van der Waals surface area contributed by atoms with Crippen LogP contribution in [0.4, 0.5) is 11.4 Å². The van der Waals surface area contributed by atoms with Gasteiger partial charge in [-0.25, -0.2) is 9.69 Å². The molecule has 35 heavy (non-hydrogen) atoms. The number of rotatable bonds is 6. The normalized spacial score (nSPS) is 12.4. The molecule has 10 heteroatoms. The van der Waals surface area contributed by atoms with Crippen LogP contribution in [0.5, 0.6) is 5.75 Å². The lowest BCUT2D eigenvalue weighted by Crippen LogP contribution is -2.30. The van der Waals surface area contributed by atoms with Crippen LogP contribution in [0.1, 0.15) is 36.6 Å². The molecule has 0 atom stereocenters. The number of amides is 3. The number of ether oxygens (including phenoxy) is 2. The second-order valence-corrected chi connectivity index (χ2v) is 8.86. The summed E-state index contributed by atoms with van der Waals surface area (Å²) in [6.45, 7) is 1.36. The molecular formula is C25H18BrClN2O6. The van der Waals surface area contributed by atoms with Gasteiger partial charge in [-0.1, -0.05) is 29.8 Å². The van der Waals surface area contributed by atoms with E-state index in [0.717, 1.165) is 10.5 Å². The summed E-state index contributed by atoms with van der Waals surface area (Å²) < 4.78 is 11.1. The summed E-state index contributed by atoms with van der Waals surface area (Å²) in [4.78, 5) is 51.5. The van der Waals surface area contributed by atoms with Gasteiger partial charge in [0.25, 0.3) is 17.7 Å². The highest BCUT2D eigenvalue weighted by Crippen LogP contribution is 2.38. The summed E-state index contributed by atoms with van der Waals surface area (Å²) in [5.74, 6) is -2.47. The molecule has 0 aliphatic carbocycles. The number of nitrogens with one attached hydrogen (secondary N) is 1. The Kier molecular flexibility index (Phi) is 6.90. The van der Waals surface area contributed by atoms with Crippen molar-refractivity contribution in [2.45, 2.75) is 6.92 Å². The SMILES string of the molecule is COc1cc(N2C(=O)c3ccccc3C2=O)c(Cl)cc1C(=O)OCC(=O)Nc1ccc(C)cc1Br. The molecule has 0 spiro atoms. The molecule has 3 aromatic rings. The molecule has 0 saturated carbocycles. The molecule has 0 fully saturated rings. The molecule has 1 N–H and O–H groups in total. The van der Waals surface area contributed by atoms with Gasteiger partial charge in [0.05, 0.1) is 34.6 Å². The van der Waals surface area contributed by atoms with Crippen LogP contribution in [0.15, 0.2) is 59.1 Å². The largest absolute Gasteiger partial charge is 0.496 e. The molecule has 0 saturated heterocycles. The maximum atomic E-state index is 12.8. The van der Waals surface area contributed by atoms with Gasteiger partial charge in [0.2, 0.25) is 0 Å². The summed E-state index contributed by atoms with van der Waals surface area (Å²) in [6.07, 6.45) is 0. The topological polar surface area (TPSA) is 102 Å². The van der Waals surface area contributed by atoms with E-state index >= 15 is 0 Å². The number of anilines is 2. The Labute approximate surface area is 213 Å². The highest BCUT2D eigenvalue weighted by molar-refractivity contribution is 9.10. The van der Waals surface area contributed by atoms with E-state index in [1.165, 1.54) is 19.2 Å². The van der Waals surface area contributed by atoms with E-state index in [0.29, 0.717) is 10.2 Å². The van der Waals surface area contributed by atoms with E-state index in [9.17, 15) is 19.2 Å². The number of aryl methyl sites for hydroxylation is 1. The molecule has 4 rings (SSSR count). The maximum absolute atomic E-state index is 12.8. The minimum absolute atomic E-state index is 0.0210. The Morgan fingerprint density at radius 1 is 1.03 bits per heavy atom. The lowest BCUT2D eigenvalue weighted by Gasteiger charge is -2.18. The standard InChI is InChI=1S/C25H18BrClN2O6/c1-13-7-8-19(17(26)9-13)28-22(30)12-35-25(33)16-10-18(27)20(11-21(16)34-2)29-23(31)14-5-3-4-6-15(14)24(29)32/h3-11H,12H2,1-2H3,(H,28,30). The van der Waals surface area contributed by atoms with E-state index in [1.54, 1.807) is 30.3 Å². The molecule has 1 aliphatic rings. The number of fused-ring (bicyclic) bond motifs is 1. The number of carbonyl (C=O) groups is 4. The van der Waals surface area contributed by atoms with Gasteiger partial charge in [-0.2, -0.15) is 0 Å². The zero-order valence-electron chi connectivity index (χ0n) is 18.6. The van der Waals surface area contributed by atoms with Crippen LogP contribution < -0.4 is 15.0 Å². The number of benzene rings is 3. The van der Waals surface area contributed by atoms with Crippen molar-refractivity contribution in [3.63, 3.8) is 0 Å². The first-order valence-electron chi connectivity index (χ1n) is 10.3. The van der Waals surface area contributed by atoms with Crippen molar-refractivity contribution in [3.8, 4) is 5.75 Å². The van der Waals surface area contributed by atoms with Crippen LogP contribution in [-0.4, -0.2) is 37.4 Å². The summed E-state index contributed by atoms with van der Waals surface area (Å²) in [5.41, 5.74) is 2.04. The van der Waals surface area contributed by atoms with Gasteiger partial charge in [0.15, 0.2) is 6.61 Å². The lowest BCUT2D eigenvalue weighted by atomic mass is 10.1. The number of nitrogens with zero attached hydrogens (tertiary/aromatic N) is 1. The van der Waals surface area contributed by atoms with Crippen LogP contribution in [-0.2, 0) is 9.53 Å². The molecule has 1 aliphatic heterocycles. The fourth-order valence-electron chi connectivity index (χ4n) is 3.57. The predicted octanol–water partition coefficient (Wildman–Crippen LogP) is 5.02. The van der Waals surface area contributed by atoms with Crippen LogP contribution in [0.2, 0.25) is 5.02 Å². The zero-order chi connectivity index (χ0) is 25.3. The number of imide groups is 1. The van der Waals surface area contributed by atoms with Gasteiger partial charge in [0.1, 0.15) is 11.3 Å². The summed E-state index contributed by atoms with van der Waals surface area (Å²) in [5, 5.41) is 2.61. The first-order valence-corrected chi connectivity index (χ1v) is 11.5. The first kappa shape index (κ1) is 24.4. The van der Waals surface area contributed by atoms with Gasteiger partial charge in [-0.05, 0) is 58.7 Å². The Morgan fingerprint density at radius 2 is 1.69 bits per heavy atom. The van der Waals surface area contributed by atoms with Crippen LogP contribution >= 0.6 is 27.5 Å². The van der Waals surface area contributed by atoms with Crippen LogP contribution in [0.25, 0.3) is 0 Å². The third kappa shape index (κ3) is 4.78. The number of halogens is 2. The second kappa shape index (κ2) is 9.89. The van der Waals surface area contributed by atoms with Gasteiger partial charge in [-0.3, -0.25) is 14.4 Å². The number of hydrogen-bond donors (Lipinski definition) is 1. The van der Waals surface area contributed by atoms with Crippen molar-refractivity contribution in [1.82, 2.24) is 0 Å². The average molecular weight is 558 g/mol. The molecule has 178 valence electrons. The average Bonchev–Trinajstić information content (AvgIpc) is 3.09. The molecule has 8 nitrogen and oxygen atoms in total. The van der Waals surface area contributed by atoms with E-state index in [1.807, 2.05) is 19.1 Å². The van der Waals surface area contributed by atoms with Crippen LogP contribution in [0, 0.1) is 6.92 Å². The summed E-state index contributed by atoms with van der Waals surface area (Å²) >= 11 is 9.73. The first-order chi connectivity index (χ1) is 16.7. The molecule has 3 amide bonds. The Hall–Kier alpha value is -3.69. The minimum atomic E-state index is -0.865. The van der Waals surface area contributed by atoms with Crippen molar-refractivity contribution in [2.24, 2.45) is 0 Å². The Morgan fingerprint density at radius 3 is 2.29 bits per heavy atom. The number of esters is 1. The fourth-order valence-corrected chi connectivity index (χ4v) is 4.41. The molecule has 3 aromatic carbocycles. The highest BCUT2D eigenvalue weighted by atomic mass is 79.9. The van der Waals surface area contributed by atoms with Gasteiger partial charge in [-0.15, -0.1) is 0 Å². The smallest absolute Gasteiger partial charge is 0.342 e.